The van der Waals surface area contributed by atoms with Gasteiger partial charge in [-0.2, -0.15) is 4.31 Å². The van der Waals surface area contributed by atoms with E-state index in [1.807, 2.05) is 36.4 Å². The van der Waals surface area contributed by atoms with Crippen LogP contribution in [-0.4, -0.2) is 39.0 Å². The summed E-state index contributed by atoms with van der Waals surface area (Å²) >= 11 is 1.70. The number of hydrogen-bond acceptors (Lipinski definition) is 5. The van der Waals surface area contributed by atoms with Crippen LogP contribution < -0.4 is 5.32 Å². The Kier molecular flexibility index (Phi) is 4.49. The molecule has 2 aromatic carbocycles. The molecule has 0 radical (unpaired) electrons. The third kappa shape index (κ3) is 3.17. The Morgan fingerprint density at radius 3 is 2.60 bits per heavy atom. The first-order chi connectivity index (χ1) is 12.1. The molecule has 0 aliphatic carbocycles. The van der Waals surface area contributed by atoms with Crippen molar-refractivity contribution < 1.29 is 13.2 Å². The molecule has 2 heterocycles. The smallest absolute Gasteiger partial charge is 0.221 e. The highest BCUT2D eigenvalue weighted by Crippen LogP contribution is 2.45. The number of ether oxygens (including phenoxy) is 1. The van der Waals surface area contributed by atoms with E-state index in [4.69, 9.17) is 4.74 Å². The van der Waals surface area contributed by atoms with Crippen molar-refractivity contribution in [3.05, 3.63) is 48.0 Å². The Morgan fingerprint density at radius 1 is 1.08 bits per heavy atom. The molecule has 5 nitrogen and oxygen atoms in total. The minimum atomic E-state index is -3.38. The Hall–Kier alpha value is -1.54. The largest absolute Gasteiger partial charge is 0.379 e. The van der Waals surface area contributed by atoms with Gasteiger partial charge < -0.3 is 10.1 Å². The van der Waals surface area contributed by atoms with Crippen molar-refractivity contribution in [2.24, 2.45) is 0 Å². The van der Waals surface area contributed by atoms with Gasteiger partial charge in [0, 0.05) is 22.9 Å². The lowest BCUT2D eigenvalue weighted by atomic mass is 10.1. The van der Waals surface area contributed by atoms with Crippen LogP contribution in [0.1, 0.15) is 17.7 Å². The van der Waals surface area contributed by atoms with Gasteiger partial charge >= 0.3 is 0 Å². The van der Waals surface area contributed by atoms with E-state index >= 15 is 0 Å². The highest BCUT2D eigenvalue weighted by molar-refractivity contribution is 7.99. The summed E-state index contributed by atoms with van der Waals surface area (Å²) in [4.78, 5) is 2.29. The standard InChI is InChI=1S/C18H20N2O3S2/c1-13(25(21,22)20-8-10-23-11-9-20)14-6-7-18-16(12-14)19-15-4-2-3-5-17(15)24-18/h2-7,12-13,19H,8-11H2,1H3. The van der Waals surface area contributed by atoms with Crippen LogP contribution in [0, 0.1) is 0 Å². The maximum absolute atomic E-state index is 12.9. The summed E-state index contributed by atoms with van der Waals surface area (Å²) in [7, 11) is -3.38. The van der Waals surface area contributed by atoms with Crippen molar-refractivity contribution in [1.82, 2.24) is 4.31 Å². The Bertz CT molecular complexity index is 893. The van der Waals surface area contributed by atoms with Crippen molar-refractivity contribution in [1.29, 1.82) is 0 Å². The highest BCUT2D eigenvalue weighted by atomic mass is 32.2. The maximum Gasteiger partial charge on any atom is 0.221 e. The highest BCUT2D eigenvalue weighted by Gasteiger charge is 2.31. The second kappa shape index (κ2) is 6.64. The SMILES string of the molecule is CC(c1ccc2c(c1)Nc1ccccc1S2)S(=O)(=O)N1CCOCC1. The number of morpholine rings is 1. The summed E-state index contributed by atoms with van der Waals surface area (Å²) in [6, 6.07) is 14.0. The van der Waals surface area contributed by atoms with Crippen molar-refractivity contribution in [2.75, 3.05) is 31.6 Å². The predicted octanol–water partition coefficient (Wildman–Crippen LogP) is 3.62. The second-order valence-electron chi connectivity index (χ2n) is 6.18. The Balaban J connectivity index is 1.62. The van der Waals surface area contributed by atoms with Gasteiger partial charge in [-0.25, -0.2) is 8.42 Å². The molecule has 2 aromatic rings. The third-order valence-electron chi connectivity index (χ3n) is 4.63. The first-order valence-corrected chi connectivity index (χ1v) is 10.6. The van der Waals surface area contributed by atoms with Crippen LogP contribution in [0.3, 0.4) is 0 Å². The molecule has 1 N–H and O–H groups in total. The third-order valence-corrected chi connectivity index (χ3v) is 8.03. The molecular weight excluding hydrogens is 356 g/mol. The zero-order valence-corrected chi connectivity index (χ0v) is 15.6. The Labute approximate surface area is 152 Å². The topological polar surface area (TPSA) is 58.6 Å². The van der Waals surface area contributed by atoms with Gasteiger partial charge in [-0.15, -0.1) is 0 Å². The molecule has 0 spiro atoms. The van der Waals surface area contributed by atoms with Crippen LogP contribution in [-0.2, 0) is 14.8 Å². The quantitative estimate of drug-likeness (QED) is 0.757. The minimum absolute atomic E-state index is 0.430. The van der Waals surface area contributed by atoms with Crippen molar-refractivity contribution >= 4 is 33.2 Å². The second-order valence-corrected chi connectivity index (χ2v) is 9.51. The molecule has 0 saturated carbocycles. The average molecular weight is 377 g/mol. The molecule has 1 atom stereocenters. The van der Waals surface area contributed by atoms with Crippen LogP contribution in [0.4, 0.5) is 11.4 Å². The van der Waals surface area contributed by atoms with E-state index in [0.717, 1.165) is 21.8 Å². The zero-order chi connectivity index (χ0) is 17.4. The summed E-state index contributed by atoms with van der Waals surface area (Å²) in [6.07, 6.45) is 0. The van der Waals surface area contributed by atoms with Gasteiger partial charge in [-0.05, 0) is 36.8 Å². The fourth-order valence-corrected chi connectivity index (χ4v) is 5.67. The summed E-state index contributed by atoms with van der Waals surface area (Å²) in [5, 5.41) is 2.83. The molecule has 7 heteroatoms. The van der Waals surface area contributed by atoms with E-state index in [0.29, 0.717) is 26.3 Å². The number of sulfonamides is 1. The lowest BCUT2D eigenvalue weighted by Gasteiger charge is -2.29. The van der Waals surface area contributed by atoms with Crippen molar-refractivity contribution in [2.45, 2.75) is 22.0 Å². The average Bonchev–Trinajstić information content (AvgIpc) is 2.66. The number of hydrogen-bond donors (Lipinski definition) is 1. The number of anilines is 2. The van der Waals surface area contributed by atoms with Crippen molar-refractivity contribution in [3.63, 3.8) is 0 Å². The maximum atomic E-state index is 12.9. The fourth-order valence-electron chi connectivity index (χ4n) is 3.11. The number of benzene rings is 2. The van der Waals surface area contributed by atoms with Gasteiger partial charge in [0.05, 0.1) is 29.8 Å². The Morgan fingerprint density at radius 2 is 1.80 bits per heavy atom. The van der Waals surface area contributed by atoms with Crippen molar-refractivity contribution in [3.8, 4) is 0 Å². The zero-order valence-electron chi connectivity index (χ0n) is 13.9. The van der Waals surface area contributed by atoms with Crippen LogP contribution in [0.5, 0.6) is 0 Å². The van der Waals surface area contributed by atoms with Gasteiger partial charge in [0.25, 0.3) is 0 Å². The molecular formula is C18H20N2O3S2. The van der Waals surface area contributed by atoms with E-state index in [1.165, 1.54) is 9.20 Å². The van der Waals surface area contributed by atoms with E-state index in [1.54, 1.807) is 18.7 Å². The molecule has 1 fully saturated rings. The molecule has 0 amide bonds. The van der Waals surface area contributed by atoms with Gasteiger partial charge in [-0.1, -0.05) is 30.0 Å². The first kappa shape index (κ1) is 16.9. The van der Waals surface area contributed by atoms with E-state index < -0.39 is 15.3 Å². The number of nitrogens with zero attached hydrogens (tertiary/aromatic N) is 1. The van der Waals surface area contributed by atoms with E-state index in [2.05, 4.69) is 11.4 Å². The summed E-state index contributed by atoms with van der Waals surface area (Å²) in [5.74, 6) is 0. The fraction of sp³-hybridized carbons (Fsp3) is 0.333. The minimum Gasteiger partial charge on any atom is -0.379 e. The van der Waals surface area contributed by atoms with Crippen LogP contribution in [0.25, 0.3) is 0 Å². The van der Waals surface area contributed by atoms with Gasteiger partial charge in [-0.3, -0.25) is 0 Å². The van der Waals surface area contributed by atoms with Crippen LogP contribution in [0.15, 0.2) is 52.3 Å². The summed E-state index contributed by atoms with van der Waals surface area (Å²) < 4.78 is 32.6. The van der Waals surface area contributed by atoms with Crippen LogP contribution >= 0.6 is 11.8 Å². The molecule has 1 unspecified atom stereocenters. The van der Waals surface area contributed by atoms with Gasteiger partial charge in [0.2, 0.25) is 10.0 Å². The lowest BCUT2D eigenvalue weighted by Crippen LogP contribution is -2.42. The number of nitrogens with one attached hydrogen (secondary N) is 1. The molecule has 1 saturated heterocycles. The van der Waals surface area contributed by atoms with E-state index in [9.17, 15) is 8.42 Å². The molecule has 132 valence electrons. The monoisotopic (exact) mass is 376 g/mol. The molecule has 25 heavy (non-hydrogen) atoms. The van der Waals surface area contributed by atoms with Crippen LogP contribution in [0.2, 0.25) is 0 Å². The number of rotatable bonds is 3. The number of fused-ring (bicyclic) bond motifs is 2. The lowest BCUT2D eigenvalue weighted by molar-refractivity contribution is 0.0726. The van der Waals surface area contributed by atoms with Gasteiger partial charge in [0.15, 0.2) is 0 Å². The molecule has 0 bridgehead atoms. The predicted molar refractivity (Wildman–Crippen MR) is 100 cm³/mol. The van der Waals surface area contributed by atoms with Gasteiger partial charge in [0.1, 0.15) is 0 Å². The molecule has 2 aliphatic heterocycles. The summed E-state index contributed by atoms with van der Waals surface area (Å²) in [5.41, 5.74) is 2.82. The normalized spacial score (nSPS) is 18.8. The molecule has 2 aliphatic rings. The number of para-hydroxylation sites is 1. The van der Waals surface area contributed by atoms with E-state index in [-0.39, 0.29) is 0 Å². The molecule has 0 aromatic heterocycles. The summed E-state index contributed by atoms with van der Waals surface area (Å²) in [6.45, 7) is 3.55. The first-order valence-electron chi connectivity index (χ1n) is 8.30. The molecule has 4 rings (SSSR count).